The van der Waals surface area contributed by atoms with E-state index in [-0.39, 0.29) is 11.0 Å². The van der Waals surface area contributed by atoms with Crippen LogP contribution in [0, 0.1) is 5.92 Å². The molecule has 2 aromatic heterocycles. The Morgan fingerprint density at radius 3 is 2.57 bits per heavy atom. The van der Waals surface area contributed by atoms with Crippen molar-refractivity contribution in [3.63, 3.8) is 0 Å². The topological polar surface area (TPSA) is 117 Å². The summed E-state index contributed by atoms with van der Waals surface area (Å²) in [5.41, 5.74) is 1.17. The van der Waals surface area contributed by atoms with Crippen LogP contribution in [0.15, 0.2) is 41.7 Å². The van der Waals surface area contributed by atoms with Crippen molar-refractivity contribution < 1.29 is 22.7 Å². The van der Waals surface area contributed by atoms with Gasteiger partial charge in [0.1, 0.15) is 11.7 Å². The number of carbonyl (C=O) groups excluding carboxylic acids is 1. The van der Waals surface area contributed by atoms with Crippen molar-refractivity contribution in [2.24, 2.45) is 5.92 Å². The van der Waals surface area contributed by atoms with Gasteiger partial charge >= 0.3 is 6.09 Å². The Morgan fingerprint density at radius 1 is 1.14 bits per heavy atom. The lowest BCUT2D eigenvalue weighted by atomic mass is 10.1. The van der Waals surface area contributed by atoms with Crippen molar-refractivity contribution in [2.75, 3.05) is 19.4 Å². The fourth-order valence-corrected chi connectivity index (χ4v) is 4.73. The van der Waals surface area contributed by atoms with Gasteiger partial charge in [-0.1, -0.05) is 26.7 Å². The number of likely N-dealkylation sites (tertiary alicyclic amines) is 1. The molecule has 0 N–H and O–H groups in total. The zero-order valence-corrected chi connectivity index (χ0v) is 21.1. The fourth-order valence-electron chi connectivity index (χ4n) is 4.10. The zero-order chi connectivity index (χ0) is 25.0. The molecule has 10 nitrogen and oxygen atoms in total. The minimum Gasteiger partial charge on any atom is -0.453 e. The van der Waals surface area contributed by atoms with E-state index in [0.29, 0.717) is 48.1 Å². The van der Waals surface area contributed by atoms with Crippen LogP contribution in [0.3, 0.4) is 0 Å². The molecule has 11 heteroatoms. The first-order valence-electron chi connectivity index (χ1n) is 11.9. The highest BCUT2D eigenvalue weighted by atomic mass is 32.2. The third kappa shape index (κ3) is 5.55. The molecule has 1 aromatic carbocycles. The van der Waals surface area contributed by atoms with Gasteiger partial charge < -0.3 is 9.47 Å². The van der Waals surface area contributed by atoms with Gasteiger partial charge in [0, 0.05) is 19.2 Å². The molecular weight excluding hydrogens is 470 g/mol. The average molecular weight is 502 g/mol. The number of piperidine rings is 1. The molecule has 0 spiro atoms. The number of ether oxygens (including phenoxy) is 2. The van der Waals surface area contributed by atoms with Gasteiger partial charge in [-0.05, 0) is 43.0 Å². The second kappa shape index (κ2) is 10.6. The zero-order valence-electron chi connectivity index (χ0n) is 20.3. The fraction of sp³-hybridized carbons (Fsp3) is 0.500. The number of benzene rings is 1. The van der Waals surface area contributed by atoms with Crippen molar-refractivity contribution in [1.29, 1.82) is 0 Å². The van der Waals surface area contributed by atoms with Crippen LogP contribution in [0.1, 0.15) is 46.0 Å². The average Bonchev–Trinajstić information content (AvgIpc) is 3.30. The Bertz CT molecular complexity index is 1270. The maximum absolute atomic E-state index is 12.8. The van der Waals surface area contributed by atoms with Crippen LogP contribution in [0.25, 0.3) is 16.7 Å². The van der Waals surface area contributed by atoms with E-state index in [1.807, 2.05) is 0 Å². The first kappa shape index (κ1) is 24.9. The molecule has 3 aromatic rings. The van der Waals surface area contributed by atoms with Gasteiger partial charge in [0.15, 0.2) is 21.7 Å². The van der Waals surface area contributed by atoms with E-state index in [4.69, 9.17) is 9.47 Å². The summed E-state index contributed by atoms with van der Waals surface area (Å²) in [4.78, 5) is 23.3. The van der Waals surface area contributed by atoms with Crippen LogP contribution in [0.4, 0.5) is 4.79 Å². The predicted octanol–water partition coefficient (Wildman–Crippen LogP) is 3.98. The molecule has 35 heavy (non-hydrogen) atoms. The maximum atomic E-state index is 12.8. The number of aromatic nitrogens is 4. The molecule has 0 bridgehead atoms. The van der Waals surface area contributed by atoms with E-state index in [2.05, 4.69) is 28.9 Å². The first-order chi connectivity index (χ1) is 16.8. The predicted molar refractivity (Wildman–Crippen MR) is 130 cm³/mol. The number of fused-ring (bicyclic) bond motifs is 1. The summed E-state index contributed by atoms with van der Waals surface area (Å²) >= 11 is 0. The summed E-state index contributed by atoms with van der Waals surface area (Å²) in [6, 6.07) is 6.41. The minimum atomic E-state index is -3.30. The second-order valence-electron chi connectivity index (χ2n) is 8.76. The van der Waals surface area contributed by atoms with E-state index < -0.39 is 16.1 Å². The van der Waals surface area contributed by atoms with Crippen LogP contribution in [-0.4, -0.2) is 64.8 Å². The Morgan fingerprint density at radius 2 is 1.89 bits per heavy atom. The van der Waals surface area contributed by atoms with E-state index in [0.717, 1.165) is 25.7 Å². The van der Waals surface area contributed by atoms with E-state index >= 15 is 0 Å². The summed E-state index contributed by atoms with van der Waals surface area (Å²) in [6.07, 6.45) is 7.72. The number of rotatable bonds is 8. The third-order valence-electron chi connectivity index (χ3n) is 6.37. The Kier molecular flexibility index (Phi) is 7.54. The molecule has 1 unspecified atom stereocenters. The summed E-state index contributed by atoms with van der Waals surface area (Å²) in [7, 11) is -3.30. The number of nitrogens with zero attached hydrogens (tertiary/aromatic N) is 5. The largest absolute Gasteiger partial charge is 0.453 e. The smallest absolute Gasteiger partial charge is 0.412 e. The number of hydrogen-bond donors (Lipinski definition) is 0. The van der Waals surface area contributed by atoms with Crippen molar-refractivity contribution >= 4 is 27.0 Å². The van der Waals surface area contributed by atoms with E-state index in [1.165, 1.54) is 24.7 Å². The van der Waals surface area contributed by atoms with Crippen molar-refractivity contribution in [3.8, 4) is 11.6 Å². The normalized spacial score (nSPS) is 16.6. The van der Waals surface area contributed by atoms with Crippen LogP contribution in [0.5, 0.6) is 5.88 Å². The SMILES string of the molecule is CCC(CC)COC(=O)N1CCCCC1Oc1ncnc2c1cnn2-c1ccc(S(C)(=O)=O)cc1. The van der Waals surface area contributed by atoms with Gasteiger partial charge in [-0.15, -0.1) is 0 Å². The molecule has 3 heterocycles. The van der Waals surface area contributed by atoms with Crippen molar-refractivity contribution in [2.45, 2.75) is 57.1 Å². The van der Waals surface area contributed by atoms with Gasteiger partial charge in [-0.25, -0.2) is 27.9 Å². The lowest BCUT2D eigenvalue weighted by molar-refractivity contribution is -0.0115. The van der Waals surface area contributed by atoms with Crippen LogP contribution in [0.2, 0.25) is 0 Å². The van der Waals surface area contributed by atoms with Crippen LogP contribution in [-0.2, 0) is 14.6 Å². The molecule has 1 aliphatic rings. The molecule has 1 amide bonds. The highest BCUT2D eigenvalue weighted by Crippen LogP contribution is 2.28. The van der Waals surface area contributed by atoms with Gasteiger partial charge in [0.25, 0.3) is 0 Å². The standard InChI is InChI=1S/C24H31N5O5S/c1-4-17(5-2)15-33-24(30)28-13-7-6-8-21(28)34-23-20-14-27-29(22(20)25-16-26-23)18-9-11-19(12-10-18)35(3,31)32/h9-12,14,16-17,21H,4-8,13,15H2,1-3H3. The summed E-state index contributed by atoms with van der Waals surface area (Å²) in [6.45, 7) is 5.15. The summed E-state index contributed by atoms with van der Waals surface area (Å²) in [5.74, 6) is 0.681. The van der Waals surface area contributed by atoms with Gasteiger partial charge in [-0.3, -0.25) is 4.90 Å². The van der Waals surface area contributed by atoms with Crippen molar-refractivity contribution in [1.82, 2.24) is 24.6 Å². The molecule has 0 radical (unpaired) electrons. The monoisotopic (exact) mass is 501 g/mol. The number of amides is 1. The Hall–Kier alpha value is -3.21. The Labute approximate surface area is 205 Å². The molecule has 4 rings (SSSR count). The number of sulfone groups is 1. The minimum absolute atomic E-state index is 0.227. The summed E-state index contributed by atoms with van der Waals surface area (Å²) < 4.78 is 36.9. The molecule has 188 valence electrons. The lowest BCUT2D eigenvalue weighted by Gasteiger charge is -2.34. The van der Waals surface area contributed by atoms with Crippen LogP contribution < -0.4 is 4.74 Å². The lowest BCUT2D eigenvalue weighted by Crippen LogP contribution is -2.47. The Balaban J connectivity index is 1.55. The highest BCUT2D eigenvalue weighted by Gasteiger charge is 2.31. The summed E-state index contributed by atoms with van der Waals surface area (Å²) in [5, 5.41) is 5.01. The number of hydrogen-bond acceptors (Lipinski definition) is 8. The molecule has 1 atom stereocenters. The molecule has 1 fully saturated rings. The van der Waals surface area contributed by atoms with Gasteiger partial charge in [-0.2, -0.15) is 5.10 Å². The molecular formula is C24H31N5O5S. The third-order valence-corrected chi connectivity index (χ3v) is 7.49. The molecule has 1 aliphatic heterocycles. The van der Waals surface area contributed by atoms with Crippen molar-refractivity contribution in [3.05, 3.63) is 36.8 Å². The molecule has 0 saturated carbocycles. The maximum Gasteiger partial charge on any atom is 0.412 e. The quantitative estimate of drug-likeness (QED) is 0.455. The first-order valence-corrected chi connectivity index (χ1v) is 13.8. The molecule has 1 saturated heterocycles. The molecule has 0 aliphatic carbocycles. The van der Waals surface area contributed by atoms with E-state index in [9.17, 15) is 13.2 Å². The number of carbonyl (C=O) groups is 1. The highest BCUT2D eigenvalue weighted by molar-refractivity contribution is 7.90. The van der Waals surface area contributed by atoms with Gasteiger partial charge in [0.05, 0.1) is 23.4 Å². The van der Waals surface area contributed by atoms with Crippen LogP contribution >= 0.6 is 0 Å². The van der Waals surface area contributed by atoms with E-state index in [1.54, 1.807) is 27.9 Å². The second-order valence-corrected chi connectivity index (χ2v) is 10.8. The van der Waals surface area contributed by atoms with Gasteiger partial charge in [0.2, 0.25) is 5.88 Å².